The molecule has 0 amide bonds. The lowest BCUT2D eigenvalue weighted by Crippen LogP contribution is -2.41. The zero-order chi connectivity index (χ0) is 19.9. The van der Waals surface area contributed by atoms with Gasteiger partial charge in [-0.25, -0.2) is 4.79 Å². The van der Waals surface area contributed by atoms with E-state index in [1.54, 1.807) is 19.0 Å². The molecule has 0 spiro atoms. The number of benzene rings is 1. The van der Waals surface area contributed by atoms with E-state index in [-0.39, 0.29) is 23.2 Å². The van der Waals surface area contributed by atoms with Crippen molar-refractivity contribution in [2.45, 2.75) is 12.7 Å². The largest absolute Gasteiger partial charge is 0.416 e. The van der Waals surface area contributed by atoms with Crippen LogP contribution in [0, 0.1) is 0 Å². The molecule has 3 aromatic rings. The first-order valence-electron chi connectivity index (χ1n) is 8.09. The number of aromatic nitrogens is 4. The summed E-state index contributed by atoms with van der Waals surface area (Å²) < 4.78 is 42.0. The minimum absolute atomic E-state index is 0.00774. The highest BCUT2D eigenvalue weighted by atomic mass is 19.4. The van der Waals surface area contributed by atoms with Crippen molar-refractivity contribution in [3.8, 4) is 11.1 Å². The van der Waals surface area contributed by atoms with Crippen molar-refractivity contribution in [1.82, 2.24) is 24.2 Å². The molecule has 0 unspecified atom stereocenters. The molecule has 10 heteroatoms. The summed E-state index contributed by atoms with van der Waals surface area (Å²) in [7, 11) is 5.04. The lowest BCUT2D eigenvalue weighted by molar-refractivity contribution is -0.137. The Morgan fingerprint density at radius 3 is 2.52 bits per heavy atom. The van der Waals surface area contributed by atoms with E-state index in [0.717, 1.165) is 16.7 Å². The first kappa shape index (κ1) is 18.9. The van der Waals surface area contributed by atoms with E-state index in [2.05, 4.69) is 10.2 Å². The second-order valence-electron chi connectivity index (χ2n) is 6.55. The van der Waals surface area contributed by atoms with E-state index in [1.165, 1.54) is 24.0 Å². The maximum Gasteiger partial charge on any atom is 0.416 e. The summed E-state index contributed by atoms with van der Waals surface area (Å²) in [5, 5.41) is 6.67. The van der Waals surface area contributed by atoms with Crippen LogP contribution in [0.25, 0.3) is 22.0 Å². The van der Waals surface area contributed by atoms with Crippen molar-refractivity contribution >= 4 is 10.9 Å². The second-order valence-corrected chi connectivity index (χ2v) is 6.55. The molecule has 0 radical (unpaired) electrons. The number of nitrogens with zero attached hydrogens (tertiary/aromatic N) is 4. The van der Waals surface area contributed by atoms with Crippen LogP contribution < -0.4 is 11.2 Å². The standard InChI is InChI=1S/C17H18F3N5O2/c1-23(2)4-5-25-15(26)13(9-24(3)16(25)27)11-6-10(17(18,19)20)7-14-12(11)8-21-22-14/h6-9H,4-5H2,1-3H3,(H,21,22). The van der Waals surface area contributed by atoms with Gasteiger partial charge in [0.25, 0.3) is 5.56 Å². The Labute approximate surface area is 151 Å². The number of aromatic amines is 1. The topological polar surface area (TPSA) is 75.9 Å². The zero-order valence-corrected chi connectivity index (χ0v) is 15.0. The Kier molecular flexibility index (Phi) is 4.68. The number of rotatable bonds is 4. The van der Waals surface area contributed by atoms with Crippen LogP contribution in [0.4, 0.5) is 13.2 Å². The molecule has 0 atom stereocenters. The summed E-state index contributed by atoms with van der Waals surface area (Å²) in [6.45, 7) is 0.558. The fourth-order valence-corrected chi connectivity index (χ4v) is 2.85. The molecule has 0 aliphatic rings. The van der Waals surface area contributed by atoms with Gasteiger partial charge in [0.15, 0.2) is 0 Å². The number of aryl methyl sites for hydroxylation is 1. The van der Waals surface area contributed by atoms with Crippen molar-refractivity contribution in [3.05, 3.63) is 50.9 Å². The van der Waals surface area contributed by atoms with E-state index in [1.807, 2.05) is 0 Å². The summed E-state index contributed by atoms with van der Waals surface area (Å²) in [6.07, 6.45) is -1.96. The summed E-state index contributed by atoms with van der Waals surface area (Å²) in [5.74, 6) is 0. The molecular formula is C17H18F3N5O2. The van der Waals surface area contributed by atoms with Crippen LogP contribution in [-0.4, -0.2) is 44.9 Å². The summed E-state index contributed by atoms with van der Waals surface area (Å²) in [6, 6.07) is 1.85. The van der Waals surface area contributed by atoms with Crippen LogP contribution in [0.1, 0.15) is 5.56 Å². The SMILES string of the molecule is CN(C)CCn1c(=O)c(-c2cc(C(F)(F)F)cc3[nH]ncc23)cn(C)c1=O. The molecule has 1 N–H and O–H groups in total. The highest BCUT2D eigenvalue weighted by molar-refractivity contribution is 5.94. The van der Waals surface area contributed by atoms with Crippen LogP contribution in [0.15, 0.2) is 34.1 Å². The van der Waals surface area contributed by atoms with Crippen molar-refractivity contribution < 1.29 is 13.2 Å². The Morgan fingerprint density at radius 2 is 1.89 bits per heavy atom. The first-order chi connectivity index (χ1) is 12.6. The van der Waals surface area contributed by atoms with Gasteiger partial charge in [0.1, 0.15) is 0 Å². The van der Waals surface area contributed by atoms with Gasteiger partial charge in [-0.3, -0.25) is 14.5 Å². The summed E-state index contributed by atoms with van der Waals surface area (Å²) in [5.41, 5.74) is -1.82. The van der Waals surface area contributed by atoms with E-state index < -0.39 is 23.0 Å². The third kappa shape index (κ3) is 3.52. The maximum atomic E-state index is 13.3. The molecule has 3 rings (SSSR count). The monoisotopic (exact) mass is 381 g/mol. The quantitative estimate of drug-likeness (QED) is 0.746. The molecule has 1 aromatic carbocycles. The predicted molar refractivity (Wildman–Crippen MR) is 94.6 cm³/mol. The number of hydrogen-bond acceptors (Lipinski definition) is 4. The smallest absolute Gasteiger partial charge is 0.308 e. The third-order valence-electron chi connectivity index (χ3n) is 4.28. The van der Waals surface area contributed by atoms with Crippen LogP contribution in [-0.2, 0) is 19.8 Å². The number of nitrogens with one attached hydrogen (secondary N) is 1. The van der Waals surface area contributed by atoms with Gasteiger partial charge in [-0.2, -0.15) is 18.3 Å². The molecule has 0 aliphatic carbocycles. The fraction of sp³-hybridized carbons (Fsp3) is 0.353. The van der Waals surface area contributed by atoms with Crippen molar-refractivity contribution in [2.75, 3.05) is 20.6 Å². The molecule has 2 heterocycles. The first-order valence-corrected chi connectivity index (χ1v) is 8.09. The Hall–Kier alpha value is -2.88. The summed E-state index contributed by atoms with van der Waals surface area (Å²) >= 11 is 0. The normalized spacial score (nSPS) is 12.3. The highest BCUT2D eigenvalue weighted by Gasteiger charge is 2.32. The maximum absolute atomic E-state index is 13.3. The molecule has 0 fully saturated rings. The minimum Gasteiger partial charge on any atom is -0.308 e. The average Bonchev–Trinajstić information content (AvgIpc) is 3.05. The van der Waals surface area contributed by atoms with E-state index in [4.69, 9.17) is 0 Å². The van der Waals surface area contributed by atoms with Gasteiger partial charge in [-0.15, -0.1) is 0 Å². The fourth-order valence-electron chi connectivity index (χ4n) is 2.85. The minimum atomic E-state index is -4.58. The Morgan fingerprint density at radius 1 is 1.19 bits per heavy atom. The van der Waals surface area contributed by atoms with Gasteiger partial charge in [0.2, 0.25) is 0 Å². The number of likely N-dealkylation sites (N-methyl/N-ethyl adjacent to an activating group) is 1. The molecule has 0 saturated carbocycles. The molecule has 0 aliphatic heterocycles. The van der Waals surface area contributed by atoms with Gasteiger partial charge in [0.05, 0.1) is 22.8 Å². The van der Waals surface area contributed by atoms with E-state index in [0.29, 0.717) is 11.9 Å². The Balaban J connectivity index is 2.30. The van der Waals surface area contributed by atoms with Crippen LogP contribution in [0.3, 0.4) is 0 Å². The molecule has 7 nitrogen and oxygen atoms in total. The number of alkyl halides is 3. The van der Waals surface area contributed by atoms with Crippen LogP contribution >= 0.6 is 0 Å². The number of halogens is 3. The van der Waals surface area contributed by atoms with Gasteiger partial charge < -0.3 is 9.47 Å². The van der Waals surface area contributed by atoms with E-state index in [9.17, 15) is 22.8 Å². The number of fused-ring (bicyclic) bond motifs is 1. The van der Waals surface area contributed by atoms with Crippen LogP contribution in [0.2, 0.25) is 0 Å². The zero-order valence-electron chi connectivity index (χ0n) is 15.0. The lowest BCUT2D eigenvalue weighted by atomic mass is 10.0. The number of H-pyrrole nitrogens is 1. The van der Waals surface area contributed by atoms with Crippen molar-refractivity contribution in [1.29, 1.82) is 0 Å². The summed E-state index contributed by atoms with van der Waals surface area (Å²) in [4.78, 5) is 27.0. The molecule has 27 heavy (non-hydrogen) atoms. The number of hydrogen-bond donors (Lipinski definition) is 1. The predicted octanol–water partition coefficient (Wildman–Crippen LogP) is 1.67. The van der Waals surface area contributed by atoms with Crippen LogP contribution in [0.5, 0.6) is 0 Å². The van der Waals surface area contributed by atoms with E-state index >= 15 is 0 Å². The molecule has 2 aromatic heterocycles. The average molecular weight is 381 g/mol. The van der Waals surface area contributed by atoms with Gasteiger partial charge in [0, 0.05) is 37.3 Å². The molecule has 0 saturated heterocycles. The molecule has 0 bridgehead atoms. The molecule has 144 valence electrons. The Bertz CT molecular complexity index is 1110. The van der Waals surface area contributed by atoms with Gasteiger partial charge in [-0.05, 0) is 26.2 Å². The van der Waals surface area contributed by atoms with Gasteiger partial charge >= 0.3 is 11.9 Å². The second kappa shape index (κ2) is 6.69. The highest BCUT2D eigenvalue weighted by Crippen LogP contribution is 2.35. The van der Waals surface area contributed by atoms with Crippen molar-refractivity contribution in [2.24, 2.45) is 7.05 Å². The van der Waals surface area contributed by atoms with Crippen molar-refractivity contribution in [3.63, 3.8) is 0 Å². The van der Waals surface area contributed by atoms with Gasteiger partial charge in [-0.1, -0.05) is 0 Å². The molecular weight excluding hydrogens is 363 g/mol. The lowest BCUT2D eigenvalue weighted by Gasteiger charge is -2.15. The third-order valence-corrected chi connectivity index (χ3v) is 4.28.